The SMILES string of the molecule is C[C@]1(N2Cc3cc(CNC(=O)c4ccc(OC(F)(F)F)cc4)ccc3C2=O)CCC(=O)NC1=O. The molecule has 2 heterocycles. The van der Waals surface area contributed by atoms with E-state index in [9.17, 15) is 32.3 Å². The summed E-state index contributed by atoms with van der Waals surface area (Å²) in [4.78, 5) is 50.7. The Kier molecular flexibility index (Phi) is 5.80. The zero-order valence-electron chi connectivity index (χ0n) is 18.0. The van der Waals surface area contributed by atoms with Gasteiger partial charge in [-0.25, -0.2) is 0 Å². The fourth-order valence-corrected chi connectivity index (χ4v) is 4.03. The number of imide groups is 1. The summed E-state index contributed by atoms with van der Waals surface area (Å²) in [6.07, 6.45) is -4.44. The first-order valence-electron chi connectivity index (χ1n) is 10.4. The molecule has 1 atom stereocenters. The summed E-state index contributed by atoms with van der Waals surface area (Å²) >= 11 is 0. The number of hydrogen-bond acceptors (Lipinski definition) is 5. The standard InChI is InChI=1S/C23H20F3N3O5/c1-22(9-8-18(30)28-21(22)33)29-12-15-10-13(2-7-17(15)20(29)32)11-27-19(31)14-3-5-16(6-4-14)34-23(24,25)26/h2-7,10H,8-9,11-12H2,1H3,(H,27,31)(H,28,30,33)/t22-/m0/s1. The molecule has 1 fully saturated rings. The normalized spacial score (nSPS) is 20.1. The quantitative estimate of drug-likeness (QED) is 0.647. The van der Waals surface area contributed by atoms with E-state index in [-0.39, 0.29) is 43.3 Å². The number of carbonyl (C=O) groups excluding carboxylic acids is 4. The van der Waals surface area contributed by atoms with Gasteiger partial charge in [-0.15, -0.1) is 13.2 Å². The number of halogens is 3. The number of rotatable bonds is 5. The molecule has 1 saturated heterocycles. The van der Waals surface area contributed by atoms with Gasteiger partial charge in [0, 0.05) is 30.6 Å². The van der Waals surface area contributed by atoms with Gasteiger partial charge in [-0.2, -0.15) is 0 Å². The van der Waals surface area contributed by atoms with Gasteiger partial charge in [-0.1, -0.05) is 12.1 Å². The first-order valence-corrected chi connectivity index (χ1v) is 10.4. The second kappa shape index (κ2) is 8.47. The molecule has 4 rings (SSSR count). The van der Waals surface area contributed by atoms with Crippen LogP contribution in [0.1, 0.15) is 51.6 Å². The van der Waals surface area contributed by atoms with E-state index < -0.39 is 29.5 Å². The first-order chi connectivity index (χ1) is 16.0. The molecule has 0 radical (unpaired) electrons. The van der Waals surface area contributed by atoms with Crippen molar-refractivity contribution >= 4 is 23.6 Å². The predicted octanol–water partition coefficient (Wildman–Crippen LogP) is 2.67. The third kappa shape index (κ3) is 4.59. The van der Waals surface area contributed by atoms with Gasteiger partial charge in [-0.3, -0.25) is 24.5 Å². The van der Waals surface area contributed by atoms with Crippen molar-refractivity contribution in [3.8, 4) is 5.75 Å². The van der Waals surface area contributed by atoms with Gasteiger partial charge < -0.3 is 15.0 Å². The number of piperidine rings is 1. The van der Waals surface area contributed by atoms with Crippen LogP contribution in [0, 0.1) is 0 Å². The van der Waals surface area contributed by atoms with E-state index in [1.807, 2.05) is 0 Å². The summed E-state index contributed by atoms with van der Waals surface area (Å²) < 4.78 is 40.5. The Labute approximate surface area is 192 Å². The van der Waals surface area contributed by atoms with E-state index in [0.717, 1.165) is 12.1 Å². The number of nitrogens with zero attached hydrogens (tertiary/aromatic N) is 1. The molecular weight excluding hydrogens is 455 g/mol. The Morgan fingerprint density at radius 3 is 2.50 bits per heavy atom. The van der Waals surface area contributed by atoms with Crippen LogP contribution in [0.5, 0.6) is 5.75 Å². The average Bonchev–Trinajstić information content (AvgIpc) is 3.11. The van der Waals surface area contributed by atoms with Crippen molar-refractivity contribution in [3.05, 3.63) is 64.7 Å². The second-order valence-electron chi connectivity index (χ2n) is 8.29. The molecule has 8 nitrogen and oxygen atoms in total. The zero-order valence-corrected chi connectivity index (χ0v) is 18.0. The summed E-state index contributed by atoms with van der Waals surface area (Å²) in [6, 6.07) is 9.59. The summed E-state index contributed by atoms with van der Waals surface area (Å²) in [6.45, 7) is 1.94. The van der Waals surface area contributed by atoms with E-state index in [2.05, 4.69) is 15.4 Å². The molecular formula is C23H20F3N3O5. The number of alkyl halides is 3. The van der Waals surface area contributed by atoms with Crippen LogP contribution in [-0.2, 0) is 22.7 Å². The van der Waals surface area contributed by atoms with Crippen LogP contribution >= 0.6 is 0 Å². The smallest absolute Gasteiger partial charge is 0.406 e. The van der Waals surface area contributed by atoms with E-state index in [1.54, 1.807) is 25.1 Å². The van der Waals surface area contributed by atoms with E-state index in [0.29, 0.717) is 16.7 Å². The largest absolute Gasteiger partial charge is 0.573 e. The van der Waals surface area contributed by atoms with Gasteiger partial charge in [-0.05, 0) is 54.8 Å². The molecule has 0 unspecified atom stereocenters. The fourth-order valence-electron chi connectivity index (χ4n) is 4.03. The topological polar surface area (TPSA) is 105 Å². The highest BCUT2D eigenvalue weighted by molar-refractivity contribution is 6.07. The van der Waals surface area contributed by atoms with Crippen LogP contribution in [0.3, 0.4) is 0 Å². The summed E-state index contributed by atoms with van der Waals surface area (Å²) in [7, 11) is 0. The Morgan fingerprint density at radius 1 is 1.15 bits per heavy atom. The minimum atomic E-state index is -4.82. The van der Waals surface area contributed by atoms with Crippen LogP contribution in [0.15, 0.2) is 42.5 Å². The minimum absolute atomic E-state index is 0.118. The van der Waals surface area contributed by atoms with Crippen molar-refractivity contribution < 1.29 is 37.1 Å². The maximum Gasteiger partial charge on any atom is 0.573 e. The second-order valence-corrected chi connectivity index (χ2v) is 8.29. The molecule has 178 valence electrons. The molecule has 34 heavy (non-hydrogen) atoms. The van der Waals surface area contributed by atoms with Gasteiger partial charge >= 0.3 is 6.36 Å². The lowest BCUT2D eigenvalue weighted by Crippen LogP contribution is -2.61. The molecule has 0 aromatic heterocycles. The number of carbonyl (C=O) groups is 4. The molecule has 0 aliphatic carbocycles. The van der Waals surface area contributed by atoms with Gasteiger partial charge in [0.2, 0.25) is 5.91 Å². The lowest BCUT2D eigenvalue weighted by Gasteiger charge is -2.39. The first kappa shape index (κ1) is 23.3. The maximum atomic E-state index is 12.9. The Hall–Kier alpha value is -3.89. The van der Waals surface area contributed by atoms with Crippen molar-refractivity contribution in [2.75, 3.05) is 0 Å². The molecule has 2 aliphatic heterocycles. The van der Waals surface area contributed by atoms with Crippen LogP contribution in [-0.4, -0.2) is 40.4 Å². The number of nitrogens with one attached hydrogen (secondary N) is 2. The van der Waals surface area contributed by atoms with Crippen LogP contribution < -0.4 is 15.4 Å². The Morgan fingerprint density at radius 2 is 1.85 bits per heavy atom. The summed E-state index contributed by atoms with van der Waals surface area (Å²) in [5.74, 6) is -2.11. The Balaban J connectivity index is 1.41. The van der Waals surface area contributed by atoms with Crippen molar-refractivity contribution in [3.63, 3.8) is 0 Å². The molecule has 2 N–H and O–H groups in total. The molecule has 0 saturated carbocycles. The molecule has 4 amide bonds. The van der Waals surface area contributed by atoms with Gasteiger partial charge in [0.15, 0.2) is 0 Å². The van der Waals surface area contributed by atoms with Crippen LogP contribution in [0.2, 0.25) is 0 Å². The molecule has 0 bridgehead atoms. The maximum absolute atomic E-state index is 12.9. The average molecular weight is 475 g/mol. The summed E-state index contributed by atoms with van der Waals surface area (Å²) in [5.41, 5.74) is 0.855. The highest BCUT2D eigenvalue weighted by Crippen LogP contribution is 2.34. The van der Waals surface area contributed by atoms with Crippen molar-refractivity contribution in [2.45, 2.75) is 44.8 Å². The van der Waals surface area contributed by atoms with Crippen LogP contribution in [0.4, 0.5) is 13.2 Å². The number of ether oxygens (including phenoxy) is 1. The molecule has 2 aliphatic rings. The van der Waals surface area contributed by atoms with E-state index >= 15 is 0 Å². The summed E-state index contributed by atoms with van der Waals surface area (Å²) in [5, 5.41) is 4.96. The molecule has 0 spiro atoms. The fraction of sp³-hybridized carbons (Fsp3) is 0.304. The highest BCUT2D eigenvalue weighted by atomic mass is 19.4. The van der Waals surface area contributed by atoms with E-state index in [1.165, 1.54) is 17.0 Å². The minimum Gasteiger partial charge on any atom is -0.406 e. The monoisotopic (exact) mass is 475 g/mol. The number of benzene rings is 2. The zero-order chi connectivity index (χ0) is 24.7. The number of fused-ring (bicyclic) bond motifs is 1. The third-order valence-corrected chi connectivity index (χ3v) is 5.95. The predicted molar refractivity (Wildman–Crippen MR) is 111 cm³/mol. The van der Waals surface area contributed by atoms with Crippen molar-refractivity contribution in [1.82, 2.24) is 15.5 Å². The molecule has 2 aromatic carbocycles. The molecule has 11 heteroatoms. The van der Waals surface area contributed by atoms with Crippen LogP contribution in [0.25, 0.3) is 0 Å². The van der Waals surface area contributed by atoms with Gasteiger partial charge in [0.25, 0.3) is 17.7 Å². The lowest BCUT2D eigenvalue weighted by molar-refractivity contribution is -0.274. The number of hydrogen-bond donors (Lipinski definition) is 2. The van der Waals surface area contributed by atoms with Gasteiger partial charge in [0.05, 0.1) is 0 Å². The third-order valence-electron chi connectivity index (χ3n) is 5.95. The Bertz CT molecular complexity index is 1180. The molecule has 2 aromatic rings. The van der Waals surface area contributed by atoms with Crippen molar-refractivity contribution in [2.24, 2.45) is 0 Å². The van der Waals surface area contributed by atoms with Gasteiger partial charge in [0.1, 0.15) is 11.3 Å². The lowest BCUT2D eigenvalue weighted by atomic mass is 9.89. The van der Waals surface area contributed by atoms with E-state index in [4.69, 9.17) is 0 Å². The van der Waals surface area contributed by atoms with Crippen molar-refractivity contribution in [1.29, 1.82) is 0 Å². The highest BCUT2D eigenvalue weighted by Gasteiger charge is 2.48. The number of amides is 4.